The molecule has 1 aliphatic heterocycles. The van der Waals surface area contributed by atoms with Gasteiger partial charge in [0.05, 0.1) is 6.10 Å². The van der Waals surface area contributed by atoms with Crippen molar-refractivity contribution in [2.45, 2.75) is 37.8 Å². The highest BCUT2D eigenvalue weighted by atomic mass is 16.3. The van der Waals surface area contributed by atoms with Crippen molar-refractivity contribution in [3.63, 3.8) is 0 Å². The zero-order valence-corrected chi connectivity index (χ0v) is 8.13. The third-order valence-electron chi connectivity index (χ3n) is 3.20. The summed E-state index contributed by atoms with van der Waals surface area (Å²) in [5, 5.41) is 16.0. The number of aliphatic hydroxyl groups is 1. The lowest BCUT2D eigenvalue weighted by Crippen LogP contribution is -2.40. The SMILES string of the molecule is OC1CC(CNCC2CCCN2)C1. The Bertz CT molecular complexity index is 151. The lowest BCUT2D eigenvalue weighted by molar-refractivity contribution is 0.0430. The molecule has 13 heavy (non-hydrogen) atoms. The van der Waals surface area contributed by atoms with E-state index in [1.54, 1.807) is 0 Å². The van der Waals surface area contributed by atoms with E-state index in [4.69, 9.17) is 5.11 Å². The Morgan fingerprint density at radius 3 is 2.77 bits per heavy atom. The van der Waals surface area contributed by atoms with Gasteiger partial charge in [-0.15, -0.1) is 0 Å². The van der Waals surface area contributed by atoms with Crippen molar-refractivity contribution >= 4 is 0 Å². The van der Waals surface area contributed by atoms with Crippen molar-refractivity contribution in [2.24, 2.45) is 5.92 Å². The number of nitrogens with one attached hydrogen (secondary N) is 2. The minimum absolute atomic E-state index is 0.00333. The van der Waals surface area contributed by atoms with Gasteiger partial charge in [0.15, 0.2) is 0 Å². The third kappa shape index (κ3) is 2.66. The third-order valence-corrected chi connectivity index (χ3v) is 3.20. The van der Waals surface area contributed by atoms with Crippen molar-refractivity contribution in [3.05, 3.63) is 0 Å². The van der Waals surface area contributed by atoms with Crippen LogP contribution in [0.5, 0.6) is 0 Å². The Hall–Kier alpha value is -0.120. The van der Waals surface area contributed by atoms with E-state index >= 15 is 0 Å². The van der Waals surface area contributed by atoms with E-state index in [0.717, 1.165) is 31.8 Å². The molecule has 0 amide bonds. The summed E-state index contributed by atoms with van der Waals surface area (Å²) in [7, 11) is 0. The zero-order chi connectivity index (χ0) is 9.10. The minimum Gasteiger partial charge on any atom is -0.393 e. The van der Waals surface area contributed by atoms with Crippen molar-refractivity contribution < 1.29 is 5.11 Å². The first-order valence-electron chi connectivity index (χ1n) is 5.47. The molecule has 0 spiro atoms. The largest absolute Gasteiger partial charge is 0.393 e. The molecule has 76 valence electrons. The molecule has 1 heterocycles. The summed E-state index contributed by atoms with van der Waals surface area (Å²) in [6.07, 6.45) is 4.65. The van der Waals surface area contributed by atoms with Gasteiger partial charge >= 0.3 is 0 Å². The average Bonchev–Trinajstić information content (AvgIpc) is 2.53. The molecule has 3 nitrogen and oxygen atoms in total. The molecule has 2 aliphatic rings. The normalized spacial score (nSPS) is 39.0. The van der Waals surface area contributed by atoms with E-state index in [-0.39, 0.29) is 6.10 Å². The highest BCUT2D eigenvalue weighted by Crippen LogP contribution is 2.25. The number of rotatable bonds is 4. The fraction of sp³-hybridized carbons (Fsp3) is 1.00. The fourth-order valence-corrected chi connectivity index (χ4v) is 2.26. The highest BCUT2D eigenvalue weighted by Gasteiger charge is 2.26. The summed E-state index contributed by atoms with van der Waals surface area (Å²) in [6, 6.07) is 0.699. The van der Waals surface area contributed by atoms with Crippen LogP contribution in [0.2, 0.25) is 0 Å². The average molecular weight is 184 g/mol. The smallest absolute Gasteiger partial charge is 0.0546 e. The van der Waals surface area contributed by atoms with Crippen LogP contribution in [0.4, 0.5) is 0 Å². The van der Waals surface area contributed by atoms with Crippen LogP contribution in [0, 0.1) is 5.92 Å². The summed E-state index contributed by atoms with van der Waals surface area (Å²) in [6.45, 7) is 3.39. The van der Waals surface area contributed by atoms with E-state index < -0.39 is 0 Å². The molecule has 0 aromatic carbocycles. The highest BCUT2D eigenvalue weighted by molar-refractivity contribution is 4.82. The Kier molecular flexibility index (Phi) is 3.19. The lowest BCUT2D eigenvalue weighted by Gasteiger charge is -2.31. The monoisotopic (exact) mass is 184 g/mol. The second-order valence-corrected chi connectivity index (χ2v) is 4.44. The van der Waals surface area contributed by atoms with Crippen LogP contribution in [-0.2, 0) is 0 Å². The van der Waals surface area contributed by atoms with Crippen LogP contribution < -0.4 is 10.6 Å². The van der Waals surface area contributed by atoms with Gasteiger partial charge in [0, 0.05) is 12.6 Å². The second-order valence-electron chi connectivity index (χ2n) is 4.44. The van der Waals surface area contributed by atoms with Gasteiger partial charge in [0.25, 0.3) is 0 Å². The van der Waals surface area contributed by atoms with Crippen molar-refractivity contribution in [1.82, 2.24) is 10.6 Å². The molecule has 3 N–H and O–H groups in total. The second kappa shape index (κ2) is 4.40. The molecule has 0 radical (unpaired) electrons. The van der Waals surface area contributed by atoms with E-state index in [1.807, 2.05) is 0 Å². The Morgan fingerprint density at radius 2 is 2.15 bits per heavy atom. The van der Waals surface area contributed by atoms with Crippen molar-refractivity contribution in [1.29, 1.82) is 0 Å². The molecule has 0 aromatic heterocycles. The predicted octanol–water partition coefficient (Wildman–Crippen LogP) is 0.0989. The summed E-state index contributed by atoms with van der Waals surface area (Å²) in [5.74, 6) is 0.733. The topological polar surface area (TPSA) is 44.3 Å². The van der Waals surface area contributed by atoms with Gasteiger partial charge in [-0.3, -0.25) is 0 Å². The van der Waals surface area contributed by atoms with Gasteiger partial charge in [-0.05, 0) is 44.7 Å². The first kappa shape index (κ1) is 9.44. The standard InChI is InChI=1S/C10H20N2O/c13-10-4-8(5-10)6-11-7-9-2-1-3-12-9/h8-13H,1-7H2. The Morgan fingerprint density at radius 1 is 1.31 bits per heavy atom. The molecule has 1 aliphatic carbocycles. The molecule has 1 atom stereocenters. The number of aliphatic hydroxyl groups excluding tert-OH is 1. The van der Waals surface area contributed by atoms with E-state index in [9.17, 15) is 0 Å². The van der Waals surface area contributed by atoms with Gasteiger partial charge in [-0.2, -0.15) is 0 Å². The predicted molar refractivity (Wildman–Crippen MR) is 52.6 cm³/mol. The lowest BCUT2D eigenvalue weighted by atomic mass is 9.82. The van der Waals surface area contributed by atoms with Gasteiger partial charge in [0.2, 0.25) is 0 Å². The van der Waals surface area contributed by atoms with E-state index in [0.29, 0.717) is 6.04 Å². The first-order chi connectivity index (χ1) is 6.34. The van der Waals surface area contributed by atoms with Crippen LogP contribution in [0.3, 0.4) is 0 Å². The maximum atomic E-state index is 9.09. The van der Waals surface area contributed by atoms with E-state index in [2.05, 4.69) is 10.6 Å². The molecule has 0 aromatic rings. The Labute approximate surface area is 79.9 Å². The summed E-state index contributed by atoms with van der Waals surface area (Å²) < 4.78 is 0. The first-order valence-corrected chi connectivity index (χ1v) is 5.47. The number of hydrogen-bond donors (Lipinski definition) is 3. The molecule has 2 rings (SSSR count). The maximum absolute atomic E-state index is 9.09. The molecule has 2 fully saturated rings. The molecular formula is C10H20N2O. The van der Waals surface area contributed by atoms with Gasteiger partial charge in [-0.1, -0.05) is 0 Å². The van der Waals surface area contributed by atoms with Gasteiger partial charge < -0.3 is 15.7 Å². The number of hydrogen-bond acceptors (Lipinski definition) is 3. The molecular weight excluding hydrogens is 164 g/mol. The van der Waals surface area contributed by atoms with Crippen LogP contribution in [0.15, 0.2) is 0 Å². The Balaban J connectivity index is 1.49. The summed E-state index contributed by atoms with van der Waals surface area (Å²) in [5.41, 5.74) is 0. The van der Waals surface area contributed by atoms with Crippen LogP contribution in [0.1, 0.15) is 25.7 Å². The zero-order valence-electron chi connectivity index (χ0n) is 8.13. The van der Waals surface area contributed by atoms with Gasteiger partial charge in [0.1, 0.15) is 0 Å². The molecule has 3 heteroatoms. The van der Waals surface area contributed by atoms with Crippen LogP contribution in [0.25, 0.3) is 0 Å². The summed E-state index contributed by atoms with van der Waals surface area (Å²) in [4.78, 5) is 0. The maximum Gasteiger partial charge on any atom is 0.0546 e. The van der Waals surface area contributed by atoms with Crippen LogP contribution in [-0.4, -0.2) is 36.9 Å². The van der Waals surface area contributed by atoms with Crippen molar-refractivity contribution in [2.75, 3.05) is 19.6 Å². The molecule has 1 saturated carbocycles. The summed E-state index contributed by atoms with van der Waals surface area (Å²) >= 11 is 0. The van der Waals surface area contributed by atoms with E-state index in [1.165, 1.54) is 19.4 Å². The van der Waals surface area contributed by atoms with Crippen LogP contribution >= 0.6 is 0 Å². The molecule has 1 unspecified atom stereocenters. The van der Waals surface area contributed by atoms with Gasteiger partial charge in [-0.25, -0.2) is 0 Å². The molecule has 0 bridgehead atoms. The fourth-order valence-electron chi connectivity index (χ4n) is 2.26. The quantitative estimate of drug-likeness (QED) is 0.580. The molecule has 1 saturated heterocycles. The minimum atomic E-state index is -0.00333. The van der Waals surface area contributed by atoms with Crippen molar-refractivity contribution in [3.8, 4) is 0 Å².